The zero-order valence-corrected chi connectivity index (χ0v) is 21.2. The molecule has 5 rings (SSSR count). The Morgan fingerprint density at radius 1 is 0.737 bits per heavy atom. The summed E-state index contributed by atoms with van der Waals surface area (Å²) >= 11 is 0. The van der Waals surface area contributed by atoms with E-state index in [1.54, 1.807) is 65.6 Å². The Hall–Kier alpha value is -4.42. The Bertz CT molecular complexity index is 1350. The Morgan fingerprint density at radius 2 is 1.29 bits per heavy atom. The van der Waals surface area contributed by atoms with Gasteiger partial charge in [0.15, 0.2) is 0 Å². The summed E-state index contributed by atoms with van der Waals surface area (Å²) in [7, 11) is 0. The number of rotatable bonds is 7. The van der Waals surface area contributed by atoms with Crippen LogP contribution < -0.4 is 10.2 Å². The second kappa shape index (κ2) is 11.8. The summed E-state index contributed by atoms with van der Waals surface area (Å²) in [5.41, 5.74) is 3.66. The van der Waals surface area contributed by atoms with Gasteiger partial charge in [-0.2, -0.15) is 0 Å². The highest BCUT2D eigenvalue weighted by molar-refractivity contribution is 6.11. The molecule has 0 radical (unpaired) electrons. The molecule has 0 bridgehead atoms. The summed E-state index contributed by atoms with van der Waals surface area (Å²) < 4.78 is 0. The summed E-state index contributed by atoms with van der Waals surface area (Å²) in [6.45, 7) is 2.83. The van der Waals surface area contributed by atoms with Gasteiger partial charge in [-0.05, 0) is 79.1 Å². The van der Waals surface area contributed by atoms with Crippen LogP contribution in [0.3, 0.4) is 0 Å². The van der Waals surface area contributed by atoms with Gasteiger partial charge in [0.1, 0.15) is 5.75 Å². The molecule has 2 N–H and O–H groups in total. The van der Waals surface area contributed by atoms with Gasteiger partial charge >= 0.3 is 0 Å². The number of likely N-dealkylation sites (tertiary alicyclic amines) is 1. The quantitative estimate of drug-likeness (QED) is 0.335. The van der Waals surface area contributed by atoms with Gasteiger partial charge in [0, 0.05) is 48.2 Å². The molecule has 1 heterocycles. The minimum absolute atomic E-state index is 0.108. The predicted molar refractivity (Wildman–Crippen MR) is 150 cm³/mol. The van der Waals surface area contributed by atoms with E-state index in [1.807, 2.05) is 24.3 Å². The lowest BCUT2D eigenvalue weighted by atomic mass is 10.0. The summed E-state index contributed by atoms with van der Waals surface area (Å²) in [5.74, 6) is -0.182. The van der Waals surface area contributed by atoms with Gasteiger partial charge < -0.3 is 10.4 Å². The van der Waals surface area contributed by atoms with Gasteiger partial charge in [0.2, 0.25) is 0 Å². The first-order valence-electron chi connectivity index (χ1n) is 12.9. The number of phenolic OH excluding ortho intramolecular Hbond substituents is 1. The van der Waals surface area contributed by atoms with Crippen molar-refractivity contribution < 1.29 is 14.7 Å². The Kier molecular flexibility index (Phi) is 7.81. The summed E-state index contributed by atoms with van der Waals surface area (Å²) in [4.78, 5) is 30.4. The molecule has 6 heteroatoms. The first-order valence-corrected chi connectivity index (χ1v) is 12.9. The number of hydrogen-bond donors (Lipinski definition) is 2. The number of aromatic hydroxyl groups is 1. The number of phenols is 1. The van der Waals surface area contributed by atoms with E-state index in [0.717, 1.165) is 32.5 Å². The van der Waals surface area contributed by atoms with Crippen LogP contribution in [0.25, 0.3) is 0 Å². The van der Waals surface area contributed by atoms with Crippen LogP contribution in [0.5, 0.6) is 5.75 Å². The van der Waals surface area contributed by atoms with E-state index in [4.69, 9.17) is 0 Å². The molecule has 4 aromatic carbocycles. The van der Waals surface area contributed by atoms with Crippen LogP contribution >= 0.6 is 0 Å². The van der Waals surface area contributed by atoms with Crippen LogP contribution in [0.4, 0.5) is 11.4 Å². The van der Waals surface area contributed by atoms with E-state index < -0.39 is 0 Å². The van der Waals surface area contributed by atoms with Crippen molar-refractivity contribution in [3.63, 3.8) is 0 Å². The molecule has 0 spiro atoms. The van der Waals surface area contributed by atoms with E-state index in [-0.39, 0.29) is 23.6 Å². The topological polar surface area (TPSA) is 72.9 Å². The number of nitrogens with zero attached hydrogens (tertiary/aromatic N) is 2. The van der Waals surface area contributed by atoms with Gasteiger partial charge in [-0.3, -0.25) is 19.4 Å². The normalized spacial score (nSPS) is 14.1. The average Bonchev–Trinajstić information content (AvgIpc) is 2.96. The van der Waals surface area contributed by atoms with E-state index in [2.05, 4.69) is 34.5 Å². The number of carbonyl (C=O) groups is 2. The number of anilines is 2. The number of benzene rings is 4. The van der Waals surface area contributed by atoms with E-state index in [9.17, 15) is 14.7 Å². The minimum Gasteiger partial charge on any atom is -0.508 e. The first-order chi connectivity index (χ1) is 18.6. The van der Waals surface area contributed by atoms with Crippen LogP contribution in [-0.4, -0.2) is 41.0 Å². The highest BCUT2D eigenvalue weighted by Gasteiger charge is 2.23. The van der Waals surface area contributed by atoms with Crippen molar-refractivity contribution in [3.05, 3.63) is 126 Å². The molecule has 1 fully saturated rings. The largest absolute Gasteiger partial charge is 0.508 e. The molecule has 2 amide bonds. The highest BCUT2D eigenvalue weighted by Crippen LogP contribution is 2.29. The van der Waals surface area contributed by atoms with Gasteiger partial charge in [-0.15, -0.1) is 0 Å². The smallest absolute Gasteiger partial charge is 0.262 e. The fourth-order valence-electron chi connectivity index (χ4n) is 4.80. The Labute approximate surface area is 223 Å². The van der Waals surface area contributed by atoms with Crippen molar-refractivity contribution in [3.8, 4) is 5.75 Å². The van der Waals surface area contributed by atoms with Crippen molar-refractivity contribution in [2.24, 2.45) is 0 Å². The SMILES string of the molecule is O=C(NC1CCN(Cc2ccccc2)CC1)c1ccc(N(C(=O)c2ccccc2)c2ccc(O)cc2)cc1. The number of hydrogen-bond acceptors (Lipinski definition) is 4. The maximum Gasteiger partial charge on any atom is 0.262 e. The Balaban J connectivity index is 1.25. The number of nitrogens with one attached hydrogen (secondary N) is 1. The van der Waals surface area contributed by atoms with Crippen LogP contribution in [0, 0.1) is 0 Å². The maximum atomic E-state index is 13.4. The number of carbonyl (C=O) groups excluding carboxylic acids is 2. The van der Waals surface area contributed by atoms with E-state index >= 15 is 0 Å². The average molecular weight is 506 g/mol. The molecule has 6 nitrogen and oxygen atoms in total. The molecular formula is C32H31N3O3. The molecule has 0 aromatic heterocycles. The second-order valence-electron chi connectivity index (χ2n) is 9.58. The molecule has 192 valence electrons. The molecular weight excluding hydrogens is 474 g/mol. The van der Waals surface area contributed by atoms with Crippen LogP contribution in [0.2, 0.25) is 0 Å². The lowest BCUT2D eigenvalue weighted by molar-refractivity contribution is 0.0908. The molecule has 1 aliphatic rings. The standard InChI is InChI=1S/C32H31N3O3/c36-30-17-15-29(16-18-30)35(32(38)26-9-5-2-6-10-26)28-13-11-25(12-14-28)31(37)33-27-19-21-34(22-20-27)23-24-7-3-1-4-8-24/h1-18,27,36H,19-23H2,(H,33,37). The molecule has 38 heavy (non-hydrogen) atoms. The van der Waals surface area contributed by atoms with Crippen molar-refractivity contribution in [2.45, 2.75) is 25.4 Å². The van der Waals surface area contributed by atoms with Crippen molar-refractivity contribution in [1.29, 1.82) is 0 Å². The molecule has 1 saturated heterocycles. The fourth-order valence-corrected chi connectivity index (χ4v) is 4.80. The number of piperidine rings is 1. The zero-order chi connectivity index (χ0) is 26.3. The maximum absolute atomic E-state index is 13.4. The molecule has 0 aliphatic carbocycles. The van der Waals surface area contributed by atoms with Crippen molar-refractivity contribution in [1.82, 2.24) is 10.2 Å². The third-order valence-electron chi connectivity index (χ3n) is 6.89. The third kappa shape index (κ3) is 6.10. The lowest BCUT2D eigenvalue weighted by Crippen LogP contribution is -2.44. The summed E-state index contributed by atoms with van der Waals surface area (Å²) in [6.07, 6.45) is 1.83. The van der Waals surface area contributed by atoms with Crippen molar-refractivity contribution in [2.75, 3.05) is 18.0 Å². The molecule has 4 aromatic rings. The van der Waals surface area contributed by atoms with Gasteiger partial charge in [-0.25, -0.2) is 0 Å². The minimum atomic E-state index is -0.198. The zero-order valence-electron chi connectivity index (χ0n) is 21.2. The van der Waals surface area contributed by atoms with Crippen LogP contribution in [0.15, 0.2) is 109 Å². The summed E-state index contributed by atoms with van der Waals surface area (Å²) in [5, 5.41) is 12.9. The van der Waals surface area contributed by atoms with Gasteiger partial charge in [0.05, 0.1) is 0 Å². The number of amides is 2. The molecule has 1 aliphatic heterocycles. The second-order valence-corrected chi connectivity index (χ2v) is 9.58. The van der Waals surface area contributed by atoms with Gasteiger partial charge in [-0.1, -0.05) is 48.5 Å². The lowest BCUT2D eigenvalue weighted by Gasteiger charge is -2.32. The molecule has 0 saturated carbocycles. The van der Waals surface area contributed by atoms with Crippen LogP contribution in [-0.2, 0) is 6.54 Å². The first kappa shape index (κ1) is 25.2. The van der Waals surface area contributed by atoms with E-state index in [1.165, 1.54) is 5.56 Å². The van der Waals surface area contributed by atoms with E-state index in [0.29, 0.717) is 22.5 Å². The highest BCUT2D eigenvalue weighted by atomic mass is 16.3. The van der Waals surface area contributed by atoms with Crippen LogP contribution in [0.1, 0.15) is 39.1 Å². The Morgan fingerprint density at radius 3 is 1.89 bits per heavy atom. The molecule has 0 atom stereocenters. The summed E-state index contributed by atoms with van der Waals surface area (Å²) in [6, 6.07) is 33.2. The molecule has 0 unspecified atom stereocenters. The monoisotopic (exact) mass is 505 g/mol. The fraction of sp³-hybridized carbons (Fsp3) is 0.188. The van der Waals surface area contributed by atoms with Gasteiger partial charge in [0.25, 0.3) is 11.8 Å². The van der Waals surface area contributed by atoms with Crippen molar-refractivity contribution >= 4 is 23.2 Å². The third-order valence-corrected chi connectivity index (χ3v) is 6.89. The predicted octanol–water partition coefficient (Wildman–Crippen LogP) is 5.77.